The van der Waals surface area contributed by atoms with Crippen LogP contribution in [0.3, 0.4) is 0 Å². The Bertz CT molecular complexity index is 1370. The highest BCUT2D eigenvalue weighted by Crippen LogP contribution is 2.31. The molecular weight excluding hydrogens is 506 g/mol. The van der Waals surface area contributed by atoms with Gasteiger partial charge in [0.2, 0.25) is 0 Å². The van der Waals surface area contributed by atoms with Crippen LogP contribution in [0.2, 0.25) is 0 Å². The number of benzene rings is 3. The molecule has 0 amide bonds. The SMILES string of the molecule is COc1cc(CC(Cc2cc[nH]c2)C(=O)CC(O)C(Cc2ccccc2)Cc2ccc(O)c(OC)c2)ccc1O. The second-order valence-corrected chi connectivity index (χ2v) is 10.2. The molecule has 3 unspecified atom stereocenters. The second kappa shape index (κ2) is 13.7. The van der Waals surface area contributed by atoms with Crippen LogP contribution >= 0.6 is 0 Å². The van der Waals surface area contributed by atoms with Crippen molar-refractivity contribution in [2.24, 2.45) is 11.8 Å². The third kappa shape index (κ3) is 7.67. The van der Waals surface area contributed by atoms with Crippen LogP contribution in [0.4, 0.5) is 0 Å². The van der Waals surface area contributed by atoms with Gasteiger partial charge in [-0.1, -0.05) is 42.5 Å². The molecule has 4 rings (SSSR count). The van der Waals surface area contributed by atoms with Gasteiger partial charge in [0.15, 0.2) is 23.0 Å². The van der Waals surface area contributed by atoms with Gasteiger partial charge in [0.05, 0.1) is 20.3 Å². The summed E-state index contributed by atoms with van der Waals surface area (Å²) in [7, 11) is 3.00. The number of hydrogen-bond acceptors (Lipinski definition) is 6. The Morgan fingerprint density at radius 3 is 1.90 bits per heavy atom. The Hall–Kier alpha value is -4.23. The third-order valence-electron chi connectivity index (χ3n) is 7.36. The lowest BCUT2D eigenvalue weighted by Crippen LogP contribution is -2.31. The summed E-state index contributed by atoms with van der Waals surface area (Å²) in [6, 6.07) is 22.2. The van der Waals surface area contributed by atoms with E-state index in [0.29, 0.717) is 37.2 Å². The number of methoxy groups -OCH3 is 2. The van der Waals surface area contributed by atoms with E-state index in [9.17, 15) is 20.1 Å². The molecule has 0 saturated heterocycles. The number of hydrogen-bond donors (Lipinski definition) is 4. The predicted molar refractivity (Wildman–Crippen MR) is 154 cm³/mol. The number of aromatic nitrogens is 1. The maximum Gasteiger partial charge on any atom is 0.160 e. The number of phenolic OH excluding ortho intramolecular Hbond substituents is 2. The summed E-state index contributed by atoms with van der Waals surface area (Å²) in [6.45, 7) is 0. The molecule has 0 aliphatic carbocycles. The van der Waals surface area contributed by atoms with Gasteiger partial charge < -0.3 is 29.8 Å². The van der Waals surface area contributed by atoms with Crippen molar-refractivity contribution >= 4 is 5.78 Å². The number of carbonyl (C=O) groups excluding carboxylic acids is 1. The van der Waals surface area contributed by atoms with Gasteiger partial charge in [0.25, 0.3) is 0 Å². The highest BCUT2D eigenvalue weighted by atomic mass is 16.5. The summed E-state index contributed by atoms with van der Waals surface area (Å²) in [5, 5.41) is 31.5. The van der Waals surface area contributed by atoms with E-state index >= 15 is 0 Å². The van der Waals surface area contributed by atoms with Crippen molar-refractivity contribution in [2.75, 3.05) is 14.2 Å². The van der Waals surface area contributed by atoms with Crippen LogP contribution in [-0.4, -0.2) is 46.4 Å². The number of rotatable bonds is 14. The number of ether oxygens (including phenoxy) is 2. The van der Waals surface area contributed by atoms with Crippen LogP contribution in [0, 0.1) is 11.8 Å². The molecule has 0 aliphatic rings. The minimum absolute atomic E-state index is 0.0109. The number of H-pyrrole nitrogens is 1. The highest BCUT2D eigenvalue weighted by Gasteiger charge is 2.28. The molecule has 7 heteroatoms. The Kier molecular flexibility index (Phi) is 9.86. The number of Topliss-reactive ketones (excluding diaryl/α,β-unsaturated/α-hetero) is 1. The smallest absolute Gasteiger partial charge is 0.160 e. The summed E-state index contributed by atoms with van der Waals surface area (Å²) >= 11 is 0. The standard InChI is InChI=1S/C33H37NO6/c1-39-32-18-23(8-10-28(32)35)15-26(14-22-6-4-3-5-7-22)30(37)20-31(38)27(17-25-12-13-34-21-25)16-24-9-11-29(36)33(19-24)40-2/h3-13,18-19,21,26-27,30,34-37H,14-17,20H2,1-2H3. The number of carbonyl (C=O) groups is 1. The number of aromatic hydroxyl groups is 2. The number of ketones is 1. The van der Waals surface area contributed by atoms with Gasteiger partial charge >= 0.3 is 0 Å². The van der Waals surface area contributed by atoms with E-state index in [-0.39, 0.29) is 35.5 Å². The van der Waals surface area contributed by atoms with Crippen LogP contribution in [-0.2, 0) is 30.5 Å². The first-order valence-corrected chi connectivity index (χ1v) is 13.4. The first-order chi connectivity index (χ1) is 19.4. The molecular formula is C33H37NO6. The molecule has 1 aromatic heterocycles. The first-order valence-electron chi connectivity index (χ1n) is 13.4. The molecule has 0 radical (unpaired) electrons. The average Bonchev–Trinajstić information content (AvgIpc) is 3.48. The minimum Gasteiger partial charge on any atom is -0.504 e. The molecule has 40 heavy (non-hydrogen) atoms. The van der Waals surface area contributed by atoms with Crippen LogP contribution in [0.5, 0.6) is 23.0 Å². The van der Waals surface area contributed by atoms with Gasteiger partial charge in [0.1, 0.15) is 5.78 Å². The number of aromatic amines is 1. The molecule has 210 valence electrons. The zero-order valence-corrected chi connectivity index (χ0v) is 22.9. The lowest BCUT2D eigenvalue weighted by atomic mass is 9.82. The monoisotopic (exact) mass is 543 g/mol. The Balaban J connectivity index is 1.55. The summed E-state index contributed by atoms with van der Waals surface area (Å²) in [4.78, 5) is 16.8. The van der Waals surface area contributed by atoms with Crippen molar-refractivity contribution in [1.29, 1.82) is 0 Å². The molecule has 3 atom stereocenters. The van der Waals surface area contributed by atoms with Gasteiger partial charge in [-0.05, 0) is 84.2 Å². The maximum absolute atomic E-state index is 13.8. The van der Waals surface area contributed by atoms with Crippen molar-refractivity contribution < 1.29 is 29.6 Å². The summed E-state index contributed by atoms with van der Waals surface area (Å²) < 4.78 is 10.5. The van der Waals surface area contributed by atoms with Crippen LogP contribution in [0.15, 0.2) is 85.2 Å². The average molecular weight is 544 g/mol. The third-order valence-corrected chi connectivity index (χ3v) is 7.36. The molecule has 0 spiro atoms. The van der Waals surface area contributed by atoms with Gasteiger partial charge in [-0.3, -0.25) is 4.79 Å². The number of aliphatic hydroxyl groups excluding tert-OH is 1. The largest absolute Gasteiger partial charge is 0.504 e. The number of aliphatic hydroxyl groups is 1. The molecule has 0 aliphatic heterocycles. The van der Waals surface area contributed by atoms with Crippen LogP contribution < -0.4 is 9.47 Å². The van der Waals surface area contributed by atoms with Crippen molar-refractivity contribution in [3.63, 3.8) is 0 Å². The molecule has 0 fully saturated rings. The fraction of sp³-hybridized carbons (Fsp3) is 0.303. The van der Waals surface area contributed by atoms with E-state index in [2.05, 4.69) is 4.98 Å². The van der Waals surface area contributed by atoms with E-state index < -0.39 is 6.10 Å². The van der Waals surface area contributed by atoms with Gasteiger partial charge in [0, 0.05) is 24.7 Å². The zero-order chi connectivity index (χ0) is 28.5. The minimum atomic E-state index is -0.879. The lowest BCUT2D eigenvalue weighted by molar-refractivity contribution is -0.125. The van der Waals surface area contributed by atoms with Gasteiger partial charge in [-0.15, -0.1) is 0 Å². The molecule has 1 heterocycles. The normalized spacial score (nSPS) is 13.4. The zero-order valence-electron chi connectivity index (χ0n) is 22.9. The molecule has 0 saturated carbocycles. The first kappa shape index (κ1) is 28.8. The molecule has 3 aromatic carbocycles. The number of phenols is 2. The van der Waals surface area contributed by atoms with Crippen LogP contribution in [0.1, 0.15) is 28.7 Å². The van der Waals surface area contributed by atoms with E-state index in [1.54, 1.807) is 30.3 Å². The van der Waals surface area contributed by atoms with E-state index in [4.69, 9.17) is 9.47 Å². The van der Waals surface area contributed by atoms with E-state index in [1.165, 1.54) is 14.2 Å². The van der Waals surface area contributed by atoms with Crippen molar-refractivity contribution in [2.45, 2.75) is 38.2 Å². The fourth-order valence-electron chi connectivity index (χ4n) is 5.16. The Labute approximate surface area is 235 Å². The Morgan fingerprint density at radius 1 is 0.750 bits per heavy atom. The summed E-state index contributed by atoms with van der Waals surface area (Å²) in [6.07, 6.45) is 4.92. The molecule has 0 bridgehead atoms. The molecule has 4 aromatic rings. The maximum atomic E-state index is 13.8. The van der Waals surface area contributed by atoms with E-state index in [1.807, 2.05) is 54.9 Å². The molecule has 4 N–H and O–H groups in total. The van der Waals surface area contributed by atoms with Crippen LogP contribution in [0.25, 0.3) is 0 Å². The molecule has 7 nitrogen and oxygen atoms in total. The summed E-state index contributed by atoms with van der Waals surface area (Å²) in [5.74, 6) is 0.204. The topological polar surface area (TPSA) is 112 Å². The predicted octanol–water partition coefficient (Wildman–Crippen LogP) is 5.27. The quantitative estimate of drug-likeness (QED) is 0.173. The van der Waals surface area contributed by atoms with Gasteiger partial charge in [-0.25, -0.2) is 0 Å². The van der Waals surface area contributed by atoms with E-state index in [0.717, 1.165) is 22.3 Å². The number of nitrogens with one attached hydrogen (secondary N) is 1. The van der Waals surface area contributed by atoms with Crippen molar-refractivity contribution in [3.8, 4) is 23.0 Å². The van der Waals surface area contributed by atoms with Gasteiger partial charge in [-0.2, -0.15) is 0 Å². The summed E-state index contributed by atoms with van der Waals surface area (Å²) in [5.41, 5.74) is 3.86. The van der Waals surface area contributed by atoms with Crippen molar-refractivity contribution in [3.05, 3.63) is 107 Å². The Morgan fingerprint density at radius 2 is 1.32 bits per heavy atom. The second-order valence-electron chi connectivity index (χ2n) is 10.2. The fourth-order valence-corrected chi connectivity index (χ4v) is 5.16. The highest BCUT2D eigenvalue weighted by molar-refractivity contribution is 5.82. The van der Waals surface area contributed by atoms with Crippen molar-refractivity contribution in [1.82, 2.24) is 4.98 Å². The lowest BCUT2D eigenvalue weighted by Gasteiger charge is -2.25.